The number of imide groups is 1. The van der Waals surface area contributed by atoms with E-state index in [1.165, 1.54) is 25.3 Å². The van der Waals surface area contributed by atoms with E-state index in [2.05, 4.69) is 10.1 Å². The minimum atomic E-state index is -0.657. The second-order valence-corrected chi connectivity index (χ2v) is 6.70. The first-order chi connectivity index (χ1) is 14.8. The van der Waals surface area contributed by atoms with E-state index in [1.807, 2.05) is 31.1 Å². The Morgan fingerprint density at radius 3 is 2.74 bits per heavy atom. The molecule has 2 heterocycles. The molecule has 160 valence electrons. The van der Waals surface area contributed by atoms with Crippen LogP contribution in [0.3, 0.4) is 0 Å². The fourth-order valence-electron chi connectivity index (χ4n) is 2.86. The average Bonchev–Trinajstić information content (AvgIpc) is 3.32. The number of furan rings is 1. The van der Waals surface area contributed by atoms with Crippen molar-refractivity contribution in [1.29, 1.82) is 5.26 Å². The molecule has 1 aliphatic heterocycles. The van der Waals surface area contributed by atoms with Crippen molar-refractivity contribution in [3.8, 4) is 11.8 Å². The summed E-state index contributed by atoms with van der Waals surface area (Å²) in [5, 5.41) is 11.3. The highest BCUT2D eigenvalue weighted by atomic mass is 16.5. The quantitative estimate of drug-likeness (QED) is 0.407. The first kappa shape index (κ1) is 21.4. The van der Waals surface area contributed by atoms with Gasteiger partial charge in [0, 0.05) is 31.4 Å². The maximum Gasteiger partial charge on any atom is 0.373 e. The number of rotatable bonds is 7. The number of methoxy groups -OCH3 is 1. The number of benzene rings is 1. The Morgan fingerprint density at radius 1 is 1.29 bits per heavy atom. The molecule has 0 bridgehead atoms. The Morgan fingerprint density at radius 2 is 2.06 bits per heavy atom. The summed E-state index contributed by atoms with van der Waals surface area (Å²) in [6.45, 7) is -0.323. The van der Waals surface area contributed by atoms with E-state index >= 15 is 0 Å². The van der Waals surface area contributed by atoms with Gasteiger partial charge in [-0.1, -0.05) is 0 Å². The zero-order valence-electron chi connectivity index (χ0n) is 17.2. The number of amides is 3. The van der Waals surface area contributed by atoms with Gasteiger partial charge in [-0.15, -0.1) is 0 Å². The molecule has 1 aliphatic rings. The van der Waals surface area contributed by atoms with Crippen molar-refractivity contribution < 1.29 is 28.3 Å². The highest BCUT2D eigenvalue weighted by Crippen LogP contribution is 2.28. The number of hydrogen-bond acceptors (Lipinski definition) is 8. The Balaban J connectivity index is 1.83. The topological polar surface area (TPSA) is 125 Å². The van der Waals surface area contributed by atoms with Gasteiger partial charge in [-0.05, 0) is 30.3 Å². The molecular weight excluding hydrogens is 404 g/mol. The molecule has 0 atom stereocenters. The van der Waals surface area contributed by atoms with Crippen LogP contribution in [0, 0.1) is 11.3 Å². The number of esters is 1. The van der Waals surface area contributed by atoms with Crippen molar-refractivity contribution in [2.24, 2.45) is 0 Å². The summed E-state index contributed by atoms with van der Waals surface area (Å²) in [7, 11) is 4.94. The molecule has 10 heteroatoms. The van der Waals surface area contributed by atoms with Gasteiger partial charge in [-0.3, -0.25) is 9.69 Å². The summed E-state index contributed by atoms with van der Waals surface area (Å²) in [4.78, 5) is 39.4. The molecule has 1 aromatic carbocycles. The van der Waals surface area contributed by atoms with Crippen molar-refractivity contribution in [3.05, 3.63) is 53.1 Å². The molecule has 1 saturated heterocycles. The largest absolute Gasteiger partial charge is 0.478 e. The minimum absolute atomic E-state index is 0.0272. The maximum absolute atomic E-state index is 12.8. The number of carbonyl (C=O) groups is 3. The summed E-state index contributed by atoms with van der Waals surface area (Å²) < 4.78 is 15.4. The van der Waals surface area contributed by atoms with Crippen LogP contribution in [-0.2, 0) is 16.1 Å². The fraction of sp³-hybridized carbons (Fsp3) is 0.238. The van der Waals surface area contributed by atoms with Gasteiger partial charge in [0.2, 0.25) is 5.76 Å². The maximum atomic E-state index is 12.8. The molecule has 0 aliphatic carbocycles. The molecule has 1 aromatic heterocycles. The summed E-state index contributed by atoms with van der Waals surface area (Å²) in [5.74, 6) is -0.604. The number of ether oxygens (including phenoxy) is 2. The third kappa shape index (κ3) is 4.67. The first-order valence-electron chi connectivity index (χ1n) is 9.16. The predicted octanol–water partition coefficient (Wildman–Crippen LogP) is 2.13. The van der Waals surface area contributed by atoms with E-state index < -0.39 is 17.9 Å². The van der Waals surface area contributed by atoms with Crippen molar-refractivity contribution >= 4 is 29.7 Å². The molecule has 1 fully saturated rings. The summed E-state index contributed by atoms with van der Waals surface area (Å²) in [6.07, 6.45) is 1.48. The van der Waals surface area contributed by atoms with Crippen LogP contribution in [0.25, 0.3) is 6.08 Å². The lowest BCUT2D eigenvalue weighted by Crippen LogP contribution is -2.30. The van der Waals surface area contributed by atoms with Gasteiger partial charge in [0.25, 0.3) is 5.91 Å². The molecule has 0 spiro atoms. The Kier molecular flexibility index (Phi) is 6.26. The second kappa shape index (κ2) is 9.04. The van der Waals surface area contributed by atoms with Gasteiger partial charge >= 0.3 is 12.0 Å². The van der Waals surface area contributed by atoms with Crippen molar-refractivity contribution in [3.63, 3.8) is 0 Å². The van der Waals surface area contributed by atoms with Gasteiger partial charge in [0.05, 0.1) is 13.7 Å². The van der Waals surface area contributed by atoms with Gasteiger partial charge in [-0.2, -0.15) is 5.26 Å². The third-order valence-electron chi connectivity index (χ3n) is 4.43. The standard InChI is InChI=1S/C21H20N4O6/c1-24(2)14-5-4-13(18(11-14)30-9-8-22)10-16-19(26)25(21(28)23-16)12-15-6-7-17(31-15)20(27)29-3/h4-7,10-11H,9,12H2,1-3H3,(H,23,28)/b16-10-. The smallest absolute Gasteiger partial charge is 0.373 e. The average molecular weight is 424 g/mol. The number of urea groups is 1. The highest BCUT2D eigenvalue weighted by Gasteiger charge is 2.34. The molecule has 2 aromatic rings. The van der Waals surface area contributed by atoms with E-state index in [4.69, 9.17) is 14.4 Å². The summed E-state index contributed by atoms with van der Waals surface area (Å²) in [6, 6.07) is 9.46. The van der Waals surface area contributed by atoms with Crippen molar-refractivity contribution in [2.45, 2.75) is 6.54 Å². The molecule has 1 N–H and O–H groups in total. The van der Waals surface area contributed by atoms with Crippen LogP contribution in [0.4, 0.5) is 10.5 Å². The molecule has 31 heavy (non-hydrogen) atoms. The van der Waals surface area contributed by atoms with Crippen LogP contribution >= 0.6 is 0 Å². The third-order valence-corrected chi connectivity index (χ3v) is 4.43. The molecule has 0 unspecified atom stereocenters. The van der Waals surface area contributed by atoms with Crippen molar-refractivity contribution in [2.75, 3.05) is 32.7 Å². The fourth-order valence-corrected chi connectivity index (χ4v) is 2.86. The van der Waals surface area contributed by atoms with Crippen LogP contribution < -0.4 is 15.0 Å². The lowest BCUT2D eigenvalue weighted by Gasteiger charge is -2.15. The van der Waals surface area contributed by atoms with E-state index in [-0.39, 0.29) is 30.4 Å². The summed E-state index contributed by atoms with van der Waals surface area (Å²) in [5.41, 5.74) is 1.42. The zero-order valence-corrected chi connectivity index (χ0v) is 17.2. The highest BCUT2D eigenvalue weighted by molar-refractivity contribution is 6.14. The predicted molar refractivity (Wildman–Crippen MR) is 109 cm³/mol. The Labute approximate surface area is 178 Å². The molecule has 10 nitrogen and oxygen atoms in total. The number of nitrogens with one attached hydrogen (secondary N) is 1. The Bertz CT molecular complexity index is 1100. The Hall–Kier alpha value is -4.26. The number of hydrogen-bond donors (Lipinski definition) is 1. The molecule has 3 amide bonds. The lowest BCUT2D eigenvalue weighted by molar-refractivity contribution is -0.123. The number of nitriles is 1. The van der Waals surface area contributed by atoms with E-state index in [9.17, 15) is 14.4 Å². The molecular formula is C21H20N4O6. The van der Waals surface area contributed by atoms with Gasteiger partial charge in [0.15, 0.2) is 6.61 Å². The van der Waals surface area contributed by atoms with Crippen LogP contribution in [0.1, 0.15) is 21.9 Å². The summed E-state index contributed by atoms with van der Waals surface area (Å²) >= 11 is 0. The van der Waals surface area contributed by atoms with Gasteiger partial charge in [0.1, 0.15) is 23.3 Å². The number of carbonyl (C=O) groups excluding carboxylic acids is 3. The minimum Gasteiger partial charge on any atom is -0.478 e. The van der Waals surface area contributed by atoms with Gasteiger partial charge in [-0.25, -0.2) is 9.59 Å². The number of anilines is 1. The van der Waals surface area contributed by atoms with Crippen molar-refractivity contribution in [1.82, 2.24) is 10.2 Å². The van der Waals surface area contributed by atoms with Crippen LogP contribution in [-0.4, -0.2) is 50.6 Å². The van der Waals surface area contributed by atoms with Crippen LogP contribution in [0.5, 0.6) is 5.75 Å². The molecule has 0 radical (unpaired) electrons. The number of nitrogens with zero attached hydrogens (tertiary/aromatic N) is 3. The van der Waals surface area contributed by atoms with Crippen LogP contribution in [0.15, 0.2) is 40.4 Å². The normalized spacial score (nSPS) is 14.4. The van der Waals surface area contributed by atoms with Crippen LogP contribution in [0.2, 0.25) is 0 Å². The molecule has 0 saturated carbocycles. The monoisotopic (exact) mass is 424 g/mol. The van der Waals surface area contributed by atoms with E-state index in [1.54, 1.807) is 12.1 Å². The van der Waals surface area contributed by atoms with E-state index in [0.717, 1.165) is 10.6 Å². The van der Waals surface area contributed by atoms with Gasteiger partial charge < -0.3 is 24.1 Å². The lowest BCUT2D eigenvalue weighted by atomic mass is 10.1. The zero-order chi connectivity index (χ0) is 22.5. The SMILES string of the molecule is COC(=O)c1ccc(CN2C(=O)N/C(=C\c3ccc(N(C)C)cc3OCC#N)C2=O)o1. The molecule has 3 rings (SSSR count). The van der Waals surface area contributed by atoms with E-state index in [0.29, 0.717) is 11.3 Å². The second-order valence-electron chi connectivity index (χ2n) is 6.70. The first-order valence-corrected chi connectivity index (χ1v) is 9.16.